The number of hydrogen-bond acceptors (Lipinski definition) is 7. The standard InChI is InChI=1S/C8H16O7/c1-14-8-6(13)4(11)5(12)7(15-8)3(10)2-9/h3-13H,2H2,1H3/t3-,4-,5+,6+,7+,8-/m1/s1. The smallest absolute Gasteiger partial charge is 0.186 e. The molecule has 0 saturated carbocycles. The molecular formula is C8H16O7. The van der Waals surface area contributed by atoms with E-state index in [1.807, 2.05) is 0 Å². The predicted molar refractivity (Wildman–Crippen MR) is 46.8 cm³/mol. The molecular weight excluding hydrogens is 208 g/mol. The fourth-order valence-corrected chi connectivity index (χ4v) is 1.49. The second-order valence-corrected chi connectivity index (χ2v) is 3.43. The highest BCUT2D eigenvalue weighted by atomic mass is 16.7. The highest BCUT2D eigenvalue weighted by Gasteiger charge is 2.46. The summed E-state index contributed by atoms with van der Waals surface area (Å²) in [5.41, 5.74) is 0. The Kier molecular flexibility index (Phi) is 4.41. The van der Waals surface area contributed by atoms with Gasteiger partial charge in [0.15, 0.2) is 6.29 Å². The molecule has 0 amide bonds. The van der Waals surface area contributed by atoms with Crippen molar-refractivity contribution in [3.63, 3.8) is 0 Å². The van der Waals surface area contributed by atoms with Crippen LogP contribution in [0.1, 0.15) is 0 Å². The van der Waals surface area contributed by atoms with Gasteiger partial charge in [0.1, 0.15) is 30.5 Å². The van der Waals surface area contributed by atoms with Crippen LogP contribution in [-0.2, 0) is 9.47 Å². The van der Waals surface area contributed by atoms with Gasteiger partial charge >= 0.3 is 0 Å². The average Bonchev–Trinajstić information content (AvgIpc) is 2.25. The van der Waals surface area contributed by atoms with Gasteiger partial charge in [-0.2, -0.15) is 0 Å². The van der Waals surface area contributed by atoms with Crippen LogP contribution in [0.15, 0.2) is 0 Å². The molecule has 15 heavy (non-hydrogen) atoms. The molecule has 0 unspecified atom stereocenters. The molecule has 1 rings (SSSR count). The van der Waals surface area contributed by atoms with Gasteiger partial charge in [0.25, 0.3) is 0 Å². The first-order valence-electron chi connectivity index (χ1n) is 4.54. The molecule has 1 saturated heterocycles. The molecule has 1 aliphatic heterocycles. The van der Waals surface area contributed by atoms with Crippen molar-refractivity contribution in [3.05, 3.63) is 0 Å². The highest BCUT2D eigenvalue weighted by molar-refractivity contribution is 4.92. The summed E-state index contributed by atoms with van der Waals surface area (Å²) in [6.07, 6.45) is -8.05. The topological polar surface area (TPSA) is 120 Å². The van der Waals surface area contributed by atoms with Crippen molar-refractivity contribution in [2.75, 3.05) is 13.7 Å². The fraction of sp³-hybridized carbons (Fsp3) is 1.00. The molecule has 0 aromatic rings. The third kappa shape index (κ3) is 2.45. The number of ether oxygens (including phenoxy) is 2. The quantitative estimate of drug-likeness (QED) is 0.342. The van der Waals surface area contributed by atoms with Gasteiger partial charge in [-0.25, -0.2) is 0 Å². The van der Waals surface area contributed by atoms with E-state index >= 15 is 0 Å². The zero-order chi connectivity index (χ0) is 11.6. The van der Waals surface area contributed by atoms with E-state index in [2.05, 4.69) is 0 Å². The minimum atomic E-state index is -1.49. The summed E-state index contributed by atoms with van der Waals surface area (Å²) in [5, 5.41) is 46.2. The van der Waals surface area contributed by atoms with E-state index in [9.17, 15) is 20.4 Å². The fourth-order valence-electron chi connectivity index (χ4n) is 1.49. The Balaban J connectivity index is 2.74. The van der Waals surface area contributed by atoms with E-state index in [-0.39, 0.29) is 0 Å². The van der Waals surface area contributed by atoms with Crippen LogP contribution < -0.4 is 0 Å². The van der Waals surface area contributed by atoms with E-state index in [0.717, 1.165) is 0 Å². The lowest BCUT2D eigenvalue weighted by atomic mass is 9.95. The number of aliphatic hydroxyl groups excluding tert-OH is 5. The third-order valence-electron chi connectivity index (χ3n) is 2.41. The van der Waals surface area contributed by atoms with Crippen molar-refractivity contribution >= 4 is 0 Å². The van der Waals surface area contributed by atoms with E-state index < -0.39 is 43.4 Å². The molecule has 0 spiro atoms. The van der Waals surface area contributed by atoms with E-state index in [0.29, 0.717) is 0 Å². The minimum absolute atomic E-state index is 0.624. The van der Waals surface area contributed by atoms with Gasteiger partial charge in [-0.3, -0.25) is 0 Å². The second kappa shape index (κ2) is 5.17. The Morgan fingerprint density at radius 2 is 1.80 bits per heavy atom. The second-order valence-electron chi connectivity index (χ2n) is 3.43. The Labute approximate surface area is 86.5 Å². The maximum Gasteiger partial charge on any atom is 0.186 e. The first-order valence-corrected chi connectivity index (χ1v) is 4.54. The molecule has 0 aromatic heterocycles. The summed E-state index contributed by atoms with van der Waals surface area (Å²) in [4.78, 5) is 0. The van der Waals surface area contributed by atoms with Crippen molar-refractivity contribution in [1.82, 2.24) is 0 Å². The largest absolute Gasteiger partial charge is 0.394 e. The van der Waals surface area contributed by atoms with Crippen LogP contribution in [0.4, 0.5) is 0 Å². The summed E-state index contributed by atoms with van der Waals surface area (Å²) in [7, 11) is 1.25. The van der Waals surface area contributed by atoms with E-state index in [1.54, 1.807) is 0 Å². The molecule has 5 N–H and O–H groups in total. The van der Waals surface area contributed by atoms with Crippen molar-refractivity contribution in [3.8, 4) is 0 Å². The number of rotatable bonds is 3. The van der Waals surface area contributed by atoms with Gasteiger partial charge in [0.2, 0.25) is 0 Å². The van der Waals surface area contributed by atoms with Gasteiger partial charge in [-0.05, 0) is 0 Å². The van der Waals surface area contributed by atoms with Crippen LogP contribution in [0, 0.1) is 0 Å². The summed E-state index contributed by atoms with van der Waals surface area (Å²) in [5.74, 6) is 0. The molecule has 1 heterocycles. The number of aliphatic hydroxyl groups is 5. The maximum atomic E-state index is 9.46. The lowest BCUT2D eigenvalue weighted by molar-refractivity contribution is -0.305. The van der Waals surface area contributed by atoms with Crippen molar-refractivity contribution in [2.45, 2.75) is 36.8 Å². The predicted octanol–water partition coefficient (Wildman–Crippen LogP) is -3.21. The normalized spacial score (nSPS) is 44.0. The van der Waals surface area contributed by atoms with Crippen LogP contribution in [-0.4, -0.2) is 76.1 Å². The van der Waals surface area contributed by atoms with Crippen LogP contribution in [0.3, 0.4) is 0 Å². The lowest BCUT2D eigenvalue weighted by Gasteiger charge is -2.41. The number of methoxy groups -OCH3 is 1. The highest BCUT2D eigenvalue weighted by Crippen LogP contribution is 2.23. The van der Waals surface area contributed by atoms with Crippen molar-refractivity contribution in [1.29, 1.82) is 0 Å². The van der Waals surface area contributed by atoms with Gasteiger partial charge in [-0.15, -0.1) is 0 Å². The first-order chi connectivity index (χ1) is 7.02. The Morgan fingerprint density at radius 3 is 2.27 bits per heavy atom. The lowest BCUT2D eigenvalue weighted by Crippen LogP contribution is -2.61. The maximum absolute atomic E-state index is 9.46. The molecule has 0 aromatic carbocycles. The zero-order valence-corrected chi connectivity index (χ0v) is 8.22. The van der Waals surface area contributed by atoms with Gasteiger partial charge in [0.05, 0.1) is 6.61 Å². The molecule has 90 valence electrons. The Bertz CT molecular complexity index is 197. The summed E-state index contributed by atoms with van der Waals surface area (Å²) < 4.78 is 9.70. The van der Waals surface area contributed by atoms with Gasteiger partial charge < -0.3 is 35.0 Å². The van der Waals surface area contributed by atoms with E-state index in [1.165, 1.54) is 7.11 Å². The third-order valence-corrected chi connectivity index (χ3v) is 2.41. The average molecular weight is 224 g/mol. The van der Waals surface area contributed by atoms with Crippen LogP contribution in [0.2, 0.25) is 0 Å². The monoisotopic (exact) mass is 224 g/mol. The van der Waals surface area contributed by atoms with Crippen molar-refractivity contribution < 1.29 is 35.0 Å². The first kappa shape index (κ1) is 12.8. The van der Waals surface area contributed by atoms with E-state index in [4.69, 9.17) is 14.6 Å². The van der Waals surface area contributed by atoms with Crippen LogP contribution in [0.5, 0.6) is 0 Å². The Morgan fingerprint density at radius 1 is 1.20 bits per heavy atom. The van der Waals surface area contributed by atoms with Crippen molar-refractivity contribution in [2.24, 2.45) is 0 Å². The summed E-state index contributed by atoms with van der Waals surface area (Å²) in [6.45, 7) is -0.624. The molecule has 0 bridgehead atoms. The van der Waals surface area contributed by atoms with Crippen LogP contribution >= 0.6 is 0 Å². The molecule has 0 aliphatic carbocycles. The minimum Gasteiger partial charge on any atom is -0.394 e. The van der Waals surface area contributed by atoms with Crippen LogP contribution in [0.25, 0.3) is 0 Å². The zero-order valence-electron chi connectivity index (χ0n) is 8.22. The van der Waals surface area contributed by atoms with Gasteiger partial charge in [0, 0.05) is 7.11 Å². The molecule has 7 nitrogen and oxygen atoms in total. The molecule has 7 heteroatoms. The molecule has 1 aliphatic rings. The SMILES string of the molecule is CO[C@@H]1O[C@@H]([C@H](O)CO)[C@@H](O)[C@@H](O)[C@@H]1O. The number of hydrogen-bond donors (Lipinski definition) is 5. The summed E-state index contributed by atoms with van der Waals surface area (Å²) >= 11 is 0. The molecule has 1 fully saturated rings. The summed E-state index contributed by atoms with van der Waals surface area (Å²) in [6, 6.07) is 0. The van der Waals surface area contributed by atoms with Gasteiger partial charge in [-0.1, -0.05) is 0 Å². The Hall–Kier alpha value is -0.280. The molecule has 0 radical (unpaired) electrons. The molecule has 6 atom stereocenters.